The van der Waals surface area contributed by atoms with Crippen LogP contribution < -0.4 is 31.6 Å². The molecule has 5 aromatic rings. The van der Waals surface area contributed by atoms with Gasteiger partial charge in [0.15, 0.2) is 0 Å². The first-order chi connectivity index (χ1) is 24.7. The van der Waals surface area contributed by atoms with Gasteiger partial charge in [0.25, 0.3) is 5.56 Å². The van der Waals surface area contributed by atoms with Gasteiger partial charge in [-0.25, -0.2) is 9.50 Å². The number of hydrogen-bond acceptors (Lipinski definition) is 8. The highest BCUT2D eigenvalue weighted by atomic mass is 35.5. The second kappa shape index (κ2) is 14.8. The summed E-state index contributed by atoms with van der Waals surface area (Å²) >= 11 is 14.2. The minimum Gasteiger partial charge on any atom is -0.481 e. The van der Waals surface area contributed by atoms with Gasteiger partial charge in [0.1, 0.15) is 11.3 Å². The van der Waals surface area contributed by atoms with Crippen molar-refractivity contribution in [2.75, 3.05) is 26.7 Å². The highest BCUT2D eigenvalue weighted by molar-refractivity contribution is 6.39. The first-order valence-electron chi connectivity index (χ1n) is 16.9. The topological polar surface area (TPSA) is 144 Å². The molecule has 3 aromatic heterocycles. The van der Waals surface area contributed by atoms with E-state index in [4.69, 9.17) is 38.0 Å². The molecule has 4 N–H and O–H groups in total. The van der Waals surface area contributed by atoms with Crippen LogP contribution in [-0.4, -0.2) is 63.8 Å². The second-order valence-electron chi connectivity index (χ2n) is 13.0. The van der Waals surface area contributed by atoms with E-state index in [9.17, 15) is 14.4 Å². The largest absolute Gasteiger partial charge is 0.481 e. The maximum absolute atomic E-state index is 13.4. The van der Waals surface area contributed by atoms with Crippen LogP contribution in [0.2, 0.25) is 10.0 Å². The highest BCUT2D eigenvalue weighted by Gasteiger charge is 2.23. The van der Waals surface area contributed by atoms with Crippen molar-refractivity contribution in [3.8, 4) is 39.4 Å². The van der Waals surface area contributed by atoms with Crippen molar-refractivity contribution in [2.24, 2.45) is 13.0 Å². The molecule has 0 unspecified atom stereocenters. The van der Waals surface area contributed by atoms with Gasteiger partial charge in [-0.15, -0.1) is 0 Å². The standard InChI is InChI=1S/C37H38Cl2N8O4/c1-46-31(19-40-15-21-13-33(49)42-16-21)45-47-20-23(14-30(47)37(46)50)25-5-3-6-26(34(25)38)27-7-4-8-28(35(27)39)29-11-9-22(36(44-29)51-2)17-41-18-24-10-12-32(48)43-24/h3-9,11,14,20-21,24,40-41H,10,12-13,15-19H2,1-2H3,(H,42,49)(H,43,48)/t21-,24-/m1/s1. The Kier molecular flexibility index (Phi) is 10.1. The van der Waals surface area contributed by atoms with Crippen molar-refractivity contribution in [1.82, 2.24) is 40.4 Å². The molecule has 0 spiro atoms. The lowest BCUT2D eigenvalue weighted by atomic mass is 9.97. The average molecular weight is 730 g/mol. The third-order valence-electron chi connectivity index (χ3n) is 9.51. The summed E-state index contributed by atoms with van der Waals surface area (Å²) in [5.41, 5.74) is 5.44. The monoisotopic (exact) mass is 728 g/mol. The van der Waals surface area contributed by atoms with Crippen LogP contribution >= 0.6 is 23.2 Å². The van der Waals surface area contributed by atoms with E-state index in [1.165, 1.54) is 4.57 Å². The van der Waals surface area contributed by atoms with E-state index in [2.05, 4.69) is 21.3 Å². The van der Waals surface area contributed by atoms with E-state index in [1.54, 1.807) is 30.9 Å². The summed E-state index contributed by atoms with van der Waals surface area (Å²) in [5, 5.41) is 18.2. The third kappa shape index (κ3) is 7.22. The normalized spacial score (nSPS) is 17.3. The number of nitrogens with zero attached hydrogens (tertiary/aromatic N) is 4. The molecule has 2 aromatic carbocycles. The zero-order chi connectivity index (χ0) is 35.6. The molecule has 264 valence electrons. The number of pyridine rings is 1. The van der Waals surface area contributed by atoms with Crippen molar-refractivity contribution in [3.05, 3.63) is 92.6 Å². The fourth-order valence-corrected chi connectivity index (χ4v) is 7.38. The SMILES string of the molecule is COc1nc(-c2cccc(-c3cccc(-c4cc5c(=O)n(C)c(CNC[C@@H]6CNC(=O)C6)nn5c4)c3Cl)c2Cl)ccc1CNC[C@H]1CCC(=O)N1. The lowest BCUT2D eigenvalue weighted by Crippen LogP contribution is -2.35. The molecule has 2 amide bonds. The number of ether oxygens (including phenoxy) is 1. The summed E-state index contributed by atoms with van der Waals surface area (Å²) in [4.78, 5) is 41.2. The number of methoxy groups -OCH3 is 1. The number of nitrogens with one attached hydrogen (secondary N) is 4. The predicted octanol–water partition coefficient (Wildman–Crippen LogP) is 4.34. The number of benzene rings is 2. The summed E-state index contributed by atoms with van der Waals surface area (Å²) in [6, 6.07) is 17.3. The number of hydrogen-bond donors (Lipinski definition) is 4. The van der Waals surface area contributed by atoms with E-state index in [1.807, 2.05) is 48.5 Å². The molecule has 51 heavy (non-hydrogen) atoms. The van der Waals surface area contributed by atoms with Gasteiger partial charge in [-0.1, -0.05) is 65.7 Å². The van der Waals surface area contributed by atoms with E-state index < -0.39 is 0 Å². The zero-order valence-electron chi connectivity index (χ0n) is 28.3. The smallest absolute Gasteiger partial charge is 0.277 e. The number of carbonyl (C=O) groups excluding carboxylic acids is 2. The Balaban J connectivity index is 1.13. The summed E-state index contributed by atoms with van der Waals surface area (Å²) in [5.74, 6) is 1.43. The molecule has 12 nitrogen and oxygen atoms in total. The second-order valence-corrected chi connectivity index (χ2v) is 13.7. The Labute approximate surface area is 304 Å². The third-order valence-corrected chi connectivity index (χ3v) is 10.3. The van der Waals surface area contributed by atoms with Crippen LogP contribution in [0.4, 0.5) is 0 Å². The van der Waals surface area contributed by atoms with Gasteiger partial charge >= 0.3 is 0 Å². The van der Waals surface area contributed by atoms with Gasteiger partial charge in [0, 0.05) is 91.7 Å². The van der Waals surface area contributed by atoms with Crippen LogP contribution in [0.3, 0.4) is 0 Å². The molecular formula is C37H38Cl2N8O4. The molecule has 2 saturated heterocycles. The lowest BCUT2D eigenvalue weighted by molar-refractivity contribution is -0.120. The van der Waals surface area contributed by atoms with Crippen LogP contribution in [0, 0.1) is 5.92 Å². The first-order valence-corrected chi connectivity index (χ1v) is 17.6. The Bertz CT molecular complexity index is 2200. The molecule has 7 rings (SSSR count). The van der Waals surface area contributed by atoms with Crippen molar-refractivity contribution >= 4 is 40.5 Å². The van der Waals surface area contributed by atoms with Gasteiger partial charge in [0.05, 0.1) is 29.4 Å². The minimum absolute atomic E-state index is 0.0624. The summed E-state index contributed by atoms with van der Waals surface area (Å²) in [6.07, 6.45) is 3.69. The molecule has 2 aliphatic heterocycles. The van der Waals surface area contributed by atoms with Gasteiger partial charge in [-0.2, -0.15) is 5.10 Å². The van der Waals surface area contributed by atoms with Crippen LogP contribution in [0.25, 0.3) is 39.0 Å². The maximum Gasteiger partial charge on any atom is 0.277 e. The van der Waals surface area contributed by atoms with Gasteiger partial charge < -0.3 is 26.0 Å². The number of carbonyl (C=O) groups is 2. The number of halogens is 2. The quantitative estimate of drug-likeness (QED) is 0.149. The molecule has 2 aliphatic rings. The molecule has 0 aliphatic carbocycles. The lowest BCUT2D eigenvalue weighted by Gasteiger charge is -2.15. The van der Waals surface area contributed by atoms with E-state index in [-0.39, 0.29) is 29.3 Å². The fourth-order valence-electron chi connectivity index (χ4n) is 6.72. The molecule has 14 heteroatoms. The molecule has 0 bridgehead atoms. The van der Waals surface area contributed by atoms with E-state index in [0.717, 1.165) is 39.8 Å². The Morgan fingerprint density at radius 1 is 0.922 bits per heavy atom. The van der Waals surface area contributed by atoms with Gasteiger partial charge in [-0.3, -0.25) is 19.0 Å². The molecule has 2 atom stereocenters. The van der Waals surface area contributed by atoms with Crippen LogP contribution in [-0.2, 0) is 29.7 Å². The molecule has 2 fully saturated rings. The minimum atomic E-state index is -0.180. The van der Waals surface area contributed by atoms with Crippen molar-refractivity contribution < 1.29 is 14.3 Å². The maximum atomic E-state index is 13.4. The Morgan fingerprint density at radius 2 is 1.65 bits per heavy atom. The van der Waals surface area contributed by atoms with E-state index >= 15 is 0 Å². The summed E-state index contributed by atoms with van der Waals surface area (Å²) in [7, 11) is 3.29. The fraction of sp³-hybridized carbons (Fsp3) is 0.324. The van der Waals surface area contributed by atoms with Crippen LogP contribution in [0.15, 0.2) is 65.6 Å². The number of amides is 2. The number of fused-ring (bicyclic) bond motifs is 1. The van der Waals surface area contributed by atoms with Gasteiger partial charge in [-0.05, 0) is 24.5 Å². The predicted molar refractivity (Wildman–Crippen MR) is 197 cm³/mol. The molecular weight excluding hydrogens is 691 g/mol. The highest BCUT2D eigenvalue weighted by Crippen LogP contribution is 2.42. The van der Waals surface area contributed by atoms with Crippen molar-refractivity contribution in [1.29, 1.82) is 0 Å². The molecule has 0 saturated carbocycles. The average Bonchev–Trinajstić information content (AvgIpc) is 3.87. The van der Waals surface area contributed by atoms with E-state index in [0.29, 0.717) is 78.5 Å². The number of rotatable bonds is 12. The Hall–Kier alpha value is -4.75. The van der Waals surface area contributed by atoms with Crippen LogP contribution in [0.5, 0.6) is 5.88 Å². The molecule has 5 heterocycles. The zero-order valence-corrected chi connectivity index (χ0v) is 29.8. The molecule has 0 radical (unpaired) electrons. The van der Waals surface area contributed by atoms with Gasteiger partial charge in [0.2, 0.25) is 17.7 Å². The number of aromatic nitrogens is 4. The van der Waals surface area contributed by atoms with Crippen molar-refractivity contribution in [2.45, 2.75) is 38.4 Å². The first kappa shape index (κ1) is 34.7. The van der Waals surface area contributed by atoms with Crippen molar-refractivity contribution in [3.63, 3.8) is 0 Å². The Morgan fingerprint density at radius 3 is 2.35 bits per heavy atom. The summed E-state index contributed by atoms with van der Waals surface area (Å²) in [6.45, 7) is 2.88. The van der Waals surface area contributed by atoms with Crippen LogP contribution in [0.1, 0.15) is 30.7 Å². The summed E-state index contributed by atoms with van der Waals surface area (Å²) < 4.78 is 8.78.